The Balaban J connectivity index is 2.85. The van der Waals surface area contributed by atoms with Crippen LogP contribution in [0.5, 0.6) is 0 Å². The largest absolute Gasteiger partial charge is 0.304 e. The molecule has 0 saturated carbocycles. The molecule has 2 N–H and O–H groups in total. The lowest BCUT2D eigenvalue weighted by Crippen LogP contribution is -2.09. The molecule has 1 unspecified atom stereocenters. The molecule has 0 spiro atoms. The van der Waals surface area contributed by atoms with Gasteiger partial charge in [-0.05, 0) is 17.9 Å². The normalized spacial score (nSPS) is 12.8. The number of thioether (sulfide) groups is 1. The predicted octanol–water partition coefficient (Wildman–Crippen LogP) is 2.40. The molecule has 1 atom stereocenters. The van der Waals surface area contributed by atoms with Gasteiger partial charge in [0.05, 0.1) is 6.61 Å². The lowest BCUT2D eigenvalue weighted by molar-refractivity contribution is 0.126. The number of nitrogens with two attached hydrogens (primary N) is 1. The Kier molecular flexibility index (Phi) is 4.28. The fourth-order valence-corrected chi connectivity index (χ4v) is 2.03. The molecule has 3 heteroatoms. The van der Waals surface area contributed by atoms with Crippen molar-refractivity contribution in [3.63, 3.8) is 0 Å². The van der Waals surface area contributed by atoms with E-state index >= 15 is 0 Å². The van der Waals surface area contributed by atoms with Crippen LogP contribution in [0.25, 0.3) is 0 Å². The fourth-order valence-electron chi connectivity index (χ4n) is 1.31. The Morgan fingerprint density at radius 1 is 1.46 bits per heavy atom. The van der Waals surface area contributed by atoms with E-state index < -0.39 is 0 Å². The molecule has 0 heterocycles. The van der Waals surface area contributed by atoms with Gasteiger partial charge in [-0.15, -0.1) is 11.8 Å². The maximum absolute atomic E-state index is 5.05. The number of rotatable bonds is 4. The Labute approximate surface area is 83.4 Å². The standard InChI is InChI=1S/C10H15NOS/c1-8(7-12-11)9-5-3-4-6-10(9)13-2/h3-6,8H,7,11H2,1-2H3. The van der Waals surface area contributed by atoms with Crippen molar-refractivity contribution in [2.45, 2.75) is 17.7 Å². The van der Waals surface area contributed by atoms with E-state index in [1.807, 2.05) is 12.1 Å². The van der Waals surface area contributed by atoms with E-state index in [9.17, 15) is 0 Å². The van der Waals surface area contributed by atoms with E-state index in [0.717, 1.165) is 0 Å². The molecule has 1 aromatic rings. The first-order chi connectivity index (χ1) is 6.29. The summed E-state index contributed by atoms with van der Waals surface area (Å²) in [6.45, 7) is 2.68. The average molecular weight is 197 g/mol. The first kappa shape index (κ1) is 10.6. The Bertz CT molecular complexity index is 265. The second-order valence-corrected chi connectivity index (χ2v) is 3.82. The molecule has 0 fully saturated rings. The Morgan fingerprint density at radius 3 is 2.77 bits per heavy atom. The summed E-state index contributed by atoms with van der Waals surface area (Å²) in [4.78, 5) is 5.95. The number of hydrogen-bond donors (Lipinski definition) is 1. The highest BCUT2D eigenvalue weighted by molar-refractivity contribution is 7.98. The summed E-state index contributed by atoms with van der Waals surface area (Å²) >= 11 is 1.75. The predicted molar refractivity (Wildman–Crippen MR) is 56.8 cm³/mol. The molecule has 1 aromatic carbocycles. The van der Waals surface area contributed by atoms with E-state index in [1.54, 1.807) is 11.8 Å². The summed E-state index contributed by atoms with van der Waals surface area (Å²) < 4.78 is 0. The molecular formula is C10H15NOS. The van der Waals surface area contributed by atoms with Gasteiger partial charge >= 0.3 is 0 Å². The highest BCUT2D eigenvalue weighted by Crippen LogP contribution is 2.26. The van der Waals surface area contributed by atoms with Gasteiger partial charge in [0.2, 0.25) is 0 Å². The molecule has 0 aromatic heterocycles. The summed E-state index contributed by atoms with van der Waals surface area (Å²) in [5, 5.41) is 0. The average Bonchev–Trinajstić information content (AvgIpc) is 2.18. The second-order valence-electron chi connectivity index (χ2n) is 2.98. The van der Waals surface area contributed by atoms with Crippen molar-refractivity contribution >= 4 is 11.8 Å². The van der Waals surface area contributed by atoms with Crippen molar-refractivity contribution in [1.29, 1.82) is 0 Å². The van der Waals surface area contributed by atoms with Crippen LogP contribution in [0.3, 0.4) is 0 Å². The zero-order valence-electron chi connectivity index (χ0n) is 7.99. The summed E-state index contributed by atoms with van der Waals surface area (Å²) in [7, 11) is 0. The molecule has 0 aliphatic heterocycles. The number of hydrogen-bond acceptors (Lipinski definition) is 3. The maximum Gasteiger partial charge on any atom is 0.0745 e. The van der Waals surface area contributed by atoms with Gasteiger partial charge in [-0.25, -0.2) is 5.90 Å². The van der Waals surface area contributed by atoms with Crippen molar-refractivity contribution in [3.05, 3.63) is 29.8 Å². The third-order valence-electron chi connectivity index (χ3n) is 2.02. The summed E-state index contributed by atoms with van der Waals surface area (Å²) in [5.41, 5.74) is 1.31. The van der Waals surface area contributed by atoms with Gasteiger partial charge in [-0.2, -0.15) is 0 Å². The minimum Gasteiger partial charge on any atom is -0.304 e. The minimum absolute atomic E-state index is 0.355. The van der Waals surface area contributed by atoms with E-state index in [2.05, 4.69) is 30.1 Å². The molecule has 13 heavy (non-hydrogen) atoms. The summed E-state index contributed by atoms with van der Waals surface area (Å²) in [5.74, 6) is 5.41. The van der Waals surface area contributed by atoms with Gasteiger partial charge in [0, 0.05) is 10.8 Å². The first-order valence-electron chi connectivity index (χ1n) is 4.24. The van der Waals surface area contributed by atoms with Crippen LogP contribution in [-0.4, -0.2) is 12.9 Å². The summed E-state index contributed by atoms with van der Waals surface area (Å²) in [6.07, 6.45) is 2.08. The summed E-state index contributed by atoms with van der Waals surface area (Å²) in [6, 6.07) is 8.33. The quantitative estimate of drug-likeness (QED) is 0.594. The van der Waals surface area contributed by atoms with Gasteiger partial charge < -0.3 is 4.84 Å². The third kappa shape index (κ3) is 2.72. The van der Waals surface area contributed by atoms with Crippen molar-refractivity contribution in [1.82, 2.24) is 0 Å². The molecule has 0 aliphatic carbocycles. The van der Waals surface area contributed by atoms with Crippen LogP contribution in [0.15, 0.2) is 29.2 Å². The second kappa shape index (κ2) is 5.27. The molecule has 0 bridgehead atoms. The molecule has 0 aliphatic rings. The molecule has 1 rings (SSSR count). The molecule has 0 radical (unpaired) electrons. The maximum atomic E-state index is 5.05. The van der Waals surface area contributed by atoms with Crippen LogP contribution in [0.4, 0.5) is 0 Å². The Hall–Kier alpha value is -0.510. The molecular weight excluding hydrogens is 182 g/mol. The van der Waals surface area contributed by atoms with Gasteiger partial charge in [0.25, 0.3) is 0 Å². The van der Waals surface area contributed by atoms with Crippen LogP contribution in [-0.2, 0) is 4.84 Å². The van der Waals surface area contributed by atoms with Crippen molar-refractivity contribution < 1.29 is 4.84 Å². The Morgan fingerprint density at radius 2 is 2.15 bits per heavy atom. The monoisotopic (exact) mass is 197 g/mol. The lowest BCUT2D eigenvalue weighted by Gasteiger charge is -2.13. The number of benzene rings is 1. The zero-order chi connectivity index (χ0) is 9.68. The van der Waals surface area contributed by atoms with Crippen LogP contribution < -0.4 is 5.90 Å². The van der Waals surface area contributed by atoms with E-state index in [1.165, 1.54) is 10.5 Å². The van der Waals surface area contributed by atoms with Crippen molar-refractivity contribution in [2.75, 3.05) is 12.9 Å². The molecule has 2 nitrogen and oxygen atoms in total. The van der Waals surface area contributed by atoms with E-state index in [4.69, 9.17) is 5.90 Å². The molecule has 72 valence electrons. The van der Waals surface area contributed by atoms with Crippen molar-refractivity contribution in [2.24, 2.45) is 5.90 Å². The third-order valence-corrected chi connectivity index (χ3v) is 2.83. The highest BCUT2D eigenvalue weighted by Gasteiger charge is 2.08. The van der Waals surface area contributed by atoms with Crippen LogP contribution in [0.1, 0.15) is 18.4 Å². The van der Waals surface area contributed by atoms with Crippen LogP contribution in [0, 0.1) is 0 Å². The lowest BCUT2D eigenvalue weighted by atomic mass is 10.0. The topological polar surface area (TPSA) is 35.2 Å². The first-order valence-corrected chi connectivity index (χ1v) is 5.46. The SMILES string of the molecule is CSc1ccccc1C(C)CON. The van der Waals surface area contributed by atoms with Crippen LogP contribution >= 0.6 is 11.8 Å². The smallest absolute Gasteiger partial charge is 0.0745 e. The van der Waals surface area contributed by atoms with Gasteiger partial charge in [0.15, 0.2) is 0 Å². The van der Waals surface area contributed by atoms with Crippen LogP contribution in [0.2, 0.25) is 0 Å². The van der Waals surface area contributed by atoms with E-state index in [0.29, 0.717) is 12.5 Å². The minimum atomic E-state index is 0.355. The van der Waals surface area contributed by atoms with Gasteiger partial charge in [0.1, 0.15) is 0 Å². The van der Waals surface area contributed by atoms with Gasteiger partial charge in [-0.3, -0.25) is 0 Å². The fraction of sp³-hybridized carbons (Fsp3) is 0.400. The molecule has 0 saturated heterocycles. The van der Waals surface area contributed by atoms with Gasteiger partial charge in [-0.1, -0.05) is 25.1 Å². The zero-order valence-corrected chi connectivity index (χ0v) is 8.80. The molecule has 0 amide bonds. The van der Waals surface area contributed by atoms with Crippen molar-refractivity contribution in [3.8, 4) is 0 Å². The van der Waals surface area contributed by atoms with E-state index in [-0.39, 0.29) is 0 Å². The highest BCUT2D eigenvalue weighted by atomic mass is 32.2.